The maximum atomic E-state index is 12.6. The summed E-state index contributed by atoms with van der Waals surface area (Å²) < 4.78 is 33.5. The minimum Gasteiger partial charge on any atom is -0.465 e. The molecule has 1 aliphatic rings. The Morgan fingerprint density at radius 1 is 1.52 bits per heavy atom. The lowest BCUT2D eigenvalue weighted by atomic mass is 10.1. The Morgan fingerprint density at radius 3 is 2.78 bits per heavy atom. The molecule has 1 aromatic heterocycles. The lowest BCUT2D eigenvalue weighted by molar-refractivity contribution is -0.150. The highest BCUT2D eigenvalue weighted by molar-refractivity contribution is 7.91. The third-order valence-corrected chi connectivity index (χ3v) is 6.20. The summed E-state index contributed by atoms with van der Waals surface area (Å²) in [5.74, 6) is -1.14. The number of esters is 1. The van der Waals surface area contributed by atoms with Gasteiger partial charge >= 0.3 is 5.97 Å². The highest BCUT2D eigenvalue weighted by Gasteiger charge is 2.36. The van der Waals surface area contributed by atoms with Crippen molar-refractivity contribution in [2.75, 3.05) is 18.1 Å². The van der Waals surface area contributed by atoms with Gasteiger partial charge < -0.3 is 14.1 Å². The molecule has 1 fully saturated rings. The summed E-state index contributed by atoms with van der Waals surface area (Å²) in [6, 6.07) is 4.28. The Bertz CT molecular complexity index is 851. The summed E-state index contributed by atoms with van der Waals surface area (Å²) in [4.78, 5) is 26.2. The SMILES string of the molecule is CC[C@@H](C)N(C(=O)COC(=O)/C(C#N)=C/c1ccco1)[C@@H]1CCS(=O)(=O)C1. The zero-order valence-corrected chi connectivity index (χ0v) is 16.1. The molecule has 9 heteroatoms. The molecule has 0 radical (unpaired) electrons. The average molecular weight is 394 g/mol. The van der Waals surface area contributed by atoms with Crippen molar-refractivity contribution in [1.82, 2.24) is 4.90 Å². The van der Waals surface area contributed by atoms with E-state index in [-0.39, 0.29) is 23.1 Å². The van der Waals surface area contributed by atoms with E-state index in [1.165, 1.54) is 17.2 Å². The van der Waals surface area contributed by atoms with Crippen LogP contribution in [-0.2, 0) is 24.2 Å². The Kier molecular flexibility index (Phi) is 6.80. The van der Waals surface area contributed by atoms with Crippen molar-refractivity contribution in [2.45, 2.75) is 38.8 Å². The van der Waals surface area contributed by atoms with Gasteiger partial charge in [0.2, 0.25) is 0 Å². The number of nitrogens with zero attached hydrogens (tertiary/aromatic N) is 2. The fourth-order valence-electron chi connectivity index (χ4n) is 2.93. The number of carbonyl (C=O) groups is 2. The van der Waals surface area contributed by atoms with E-state index in [0.717, 1.165) is 0 Å². The van der Waals surface area contributed by atoms with Gasteiger partial charge in [-0.1, -0.05) is 6.92 Å². The van der Waals surface area contributed by atoms with Crippen LogP contribution in [0.4, 0.5) is 0 Å². The first-order valence-corrected chi connectivity index (χ1v) is 10.4. The number of amides is 1. The third-order valence-electron chi connectivity index (χ3n) is 4.45. The molecule has 0 spiro atoms. The number of carbonyl (C=O) groups excluding carboxylic acids is 2. The Morgan fingerprint density at radius 2 is 2.26 bits per heavy atom. The van der Waals surface area contributed by atoms with E-state index in [2.05, 4.69) is 0 Å². The van der Waals surface area contributed by atoms with Gasteiger partial charge in [-0.3, -0.25) is 4.79 Å². The molecule has 0 N–H and O–H groups in total. The quantitative estimate of drug-likeness (QED) is 0.391. The predicted molar refractivity (Wildman–Crippen MR) is 96.9 cm³/mol. The second-order valence-electron chi connectivity index (χ2n) is 6.38. The van der Waals surface area contributed by atoms with E-state index in [9.17, 15) is 18.0 Å². The monoisotopic (exact) mass is 394 g/mol. The minimum atomic E-state index is -3.16. The van der Waals surface area contributed by atoms with Crippen molar-refractivity contribution in [3.8, 4) is 6.07 Å². The second-order valence-corrected chi connectivity index (χ2v) is 8.61. The van der Waals surface area contributed by atoms with Crippen molar-refractivity contribution in [2.24, 2.45) is 0 Å². The fourth-order valence-corrected chi connectivity index (χ4v) is 4.64. The number of ether oxygens (including phenoxy) is 1. The van der Waals surface area contributed by atoms with Gasteiger partial charge in [0.1, 0.15) is 17.4 Å². The first-order valence-electron chi connectivity index (χ1n) is 8.61. The van der Waals surface area contributed by atoms with E-state index < -0.39 is 34.4 Å². The van der Waals surface area contributed by atoms with Crippen molar-refractivity contribution in [3.05, 3.63) is 29.7 Å². The van der Waals surface area contributed by atoms with E-state index in [4.69, 9.17) is 14.4 Å². The van der Waals surface area contributed by atoms with Gasteiger partial charge in [0, 0.05) is 18.2 Å². The zero-order valence-electron chi connectivity index (χ0n) is 15.3. The van der Waals surface area contributed by atoms with Crippen LogP contribution in [0.25, 0.3) is 6.08 Å². The van der Waals surface area contributed by atoms with Crippen molar-refractivity contribution in [1.29, 1.82) is 5.26 Å². The molecular formula is C18H22N2O6S. The highest BCUT2D eigenvalue weighted by Crippen LogP contribution is 2.21. The van der Waals surface area contributed by atoms with Crippen LogP contribution in [0.3, 0.4) is 0 Å². The van der Waals surface area contributed by atoms with Crippen molar-refractivity contribution >= 4 is 27.8 Å². The van der Waals surface area contributed by atoms with Gasteiger partial charge in [-0.25, -0.2) is 13.2 Å². The maximum absolute atomic E-state index is 12.6. The van der Waals surface area contributed by atoms with Crippen LogP contribution >= 0.6 is 0 Å². The van der Waals surface area contributed by atoms with Gasteiger partial charge in [0.15, 0.2) is 16.4 Å². The zero-order chi connectivity index (χ0) is 20.0. The standard InChI is InChI=1S/C18H22N2O6S/c1-3-13(2)20(15-6-8-27(23,24)12-15)17(21)11-26-18(22)14(10-19)9-16-5-4-7-25-16/h4-5,7,9,13,15H,3,6,8,11-12H2,1-2H3/b14-9+/t13-,15-/m1/s1. The molecule has 0 bridgehead atoms. The predicted octanol–water partition coefficient (Wildman–Crippen LogP) is 1.54. The van der Waals surface area contributed by atoms with Crippen LogP contribution in [0.5, 0.6) is 0 Å². The normalized spacial score (nSPS) is 19.9. The van der Waals surface area contributed by atoms with E-state index >= 15 is 0 Å². The first-order chi connectivity index (χ1) is 12.8. The smallest absolute Gasteiger partial charge is 0.349 e. The third kappa shape index (κ3) is 5.44. The molecular weight excluding hydrogens is 372 g/mol. The Labute approximate surface area is 158 Å². The molecule has 1 aromatic rings. The lowest BCUT2D eigenvalue weighted by Crippen LogP contribution is -2.48. The summed E-state index contributed by atoms with van der Waals surface area (Å²) >= 11 is 0. The van der Waals surface area contributed by atoms with E-state index in [0.29, 0.717) is 18.6 Å². The number of hydrogen-bond donors (Lipinski definition) is 0. The molecule has 0 aromatic carbocycles. The van der Waals surface area contributed by atoms with Gasteiger partial charge in [-0.2, -0.15) is 5.26 Å². The number of nitriles is 1. The molecule has 146 valence electrons. The number of sulfone groups is 1. The summed E-state index contributed by atoms with van der Waals surface area (Å²) in [5.41, 5.74) is -0.295. The molecule has 2 heterocycles. The molecule has 27 heavy (non-hydrogen) atoms. The minimum absolute atomic E-state index is 0.0438. The highest BCUT2D eigenvalue weighted by atomic mass is 32.2. The van der Waals surface area contributed by atoms with Gasteiger partial charge in [-0.05, 0) is 31.9 Å². The molecule has 0 saturated carbocycles. The summed E-state index contributed by atoms with van der Waals surface area (Å²) in [7, 11) is -3.16. The molecule has 8 nitrogen and oxygen atoms in total. The Hall–Kier alpha value is -2.60. The van der Waals surface area contributed by atoms with Crippen LogP contribution in [0.15, 0.2) is 28.4 Å². The van der Waals surface area contributed by atoms with Gasteiger partial charge in [0.25, 0.3) is 5.91 Å². The van der Waals surface area contributed by atoms with Crippen molar-refractivity contribution in [3.63, 3.8) is 0 Å². The van der Waals surface area contributed by atoms with E-state index in [1.54, 1.807) is 18.2 Å². The molecule has 0 unspecified atom stereocenters. The summed E-state index contributed by atoms with van der Waals surface area (Å²) in [6.45, 7) is 3.15. The topological polar surface area (TPSA) is 118 Å². The van der Waals surface area contributed by atoms with Crippen molar-refractivity contribution < 1.29 is 27.2 Å². The average Bonchev–Trinajstić information content (AvgIpc) is 3.26. The Balaban J connectivity index is 2.04. The second kappa shape index (κ2) is 8.86. The summed E-state index contributed by atoms with van der Waals surface area (Å²) in [5, 5.41) is 9.10. The maximum Gasteiger partial charge on any atom is 0.349 e. The molecule has 1 aliphatic heterocycles. The van der Waals surface area contributed by atoms with Crippen LogP contribution in [0.1, 0.15) is 32.4 Å². The van der Waals surface area contributed by atoms with Gasteiger partial charge in [0.05, 0.1) is 17.8 Å². The van der Waals surface area contributed by atoms with Gasteiger partial charge in [-0.15, -0.1) is 0 Å². The number of furan rings is 1. The number of rotatable bonds is 7. The fraction of sp³-hybridized carbons (Fsp3) is 0.500. The number of hydrogen-bond acceptors (Lipinski definition) is 7. The van der Waals surface area contributed by atoms with E-state index in [1.807, 2.05) is 13.8 Å². The van der Waals surface area contributed by atoms with Crippen LogP contribution in [0.2, 0.25) is 0 Å². The van der Waals surface area contributed by atoms with Crippen LogP contribution < -0.4 is 0 Å². The molecule has 0 aliphatic carbocycles. The van der Waals surface area contributed by atoms with Crippen LogP contribution in [-0.4, -0.2) is 55.4 Å². The van der Waals surface area contributed by atoms with Crippen LogP contribution in [0, 0.1) is 11.3 Å². The molecule has 2 rings (SSSR count). The lowest BCUT2D eigenvalue weighted by Gasteiger charge is -2.33. The molecule has 2 atom stereocenters. The molecule has 1 amide bonds. The summed E-state index contributed by atoms with van der Waals surface area (Å²) in [6.07, 6.45) is 3.63. The molecule has 1 saturated heterocycles. The first kappa shape index (κ1) is 20.7. The largest absolute Gasteiger partial charge is 0.465 e.